The van der Waals surface area contributed by atoms with Crippen LogP contribution in [0.15, 0.2) is 6.08 Å². The van der Waals surface area contributed by atoms with Gasteiger partial charge in [0.05, 0.1) is 0 Å². The summed E-state index contributed by atoms with van der Waals surface area (Å²) in [6, 6.07) is 0. The van der Waals surface area contributed by atoms with E-state index in [2.05, 4.69) is 36.5 Å². The van der Waals surface area contributed by atoms with Gasteiger partial charge >= 0.3 is 0 Å². The van der Waals surface area contributed by atoms with E-state index in [1.165, 1.54) is 0 Å². The SMILES string of the molecule is [C-]1=CCCNC1.[CH-]=O.[CH2-]CC(=O)NC.[W]. The van der Waals surface area contributed by atoms with Crippen molar-refractivity contribution < 1.29 is 30.7 Å². The van der Waals surface area contributed by atoms with Crippen molar-refractivity contribution in [1.82, 2.24) is 10.6 Å². The van der Waals surface area contributed by atoms with Crippen molar-refractivity contribution in [3.8, 4) is 0 Å². The van der Waals surface area contributed by atoms with E-state index < -0.39 is 0 Å². The molecule has 0 bridgehead atoms. The molecule has 0 saturated heterocycles. The van der Waals surface area contributed by atoms with Crippen LogP contribution in [0.4, 0.5) is 0 Å². The fourth-order valence-corrected chi connectivity index (χ4v) is 0.634. The van der Waals surface area contributed by atoms with Gasteiger partial charge in [-0.1, -0.05) is 6.42 Å². The van der Waals surface area contributed by atoms with E-state index in [0.29, 0.717) is 6.42 Å². The monoisotopic (exact) mass is 381 g/mol. The van der Waals surface area contributed by atoms with Crippen LogP contribution in [-0.2, 0) is 30.7 Å². The first-order chi connectivity index (χ1) is 6.81. The second kappa shape index (κ2) is 19.2. The molecule has 1 amide bonds. The number of carbonyl (C=O) groups excluding carboxylic acids is 2. The Balaban J connectivity index is -0.000000156. The molecular formula is C10H17N2O2W-3. The van der Waals surface area contributed by atoms with Crippen molar-refractivity contribution in [2.75, 3.05) is 20.1 Å². The summed E-state index contributed by atoms with van der Waals surface area (Å²) < 4.78 is 0. The van der Waals surface area contributed by atoms with Crippen LogP contribution in [0.1, 0.15) is 12.8 Å². The Labute approximate surface area is 106 Å². The van der Waals surface area contributed by atoms with Crippen molar-refractivity contribution >= 4 is 12.7 Å². The molecule has 4 nitrogen and oxygen atoms in total. The molecule has 0 aromatic rings. The van der Waals surface area contributed by atoms with E-state index in [1.807, 2.05) is 0 Å². The minimum Gasteiger partial charge on any atom is -0.545 e. The third-order valence-corrected chi connectivity index (χ3v) is 1.34. The number of amides is 1. The van der Waals surface area contributed by atoms with E-state index in [4.69, 9.17) is 4.79 Å². The maximum Gasteiger partial charge on any atom is 0.189 e. The molecular weight excluding hydrogens is 364 g/mol. The molecule has 1 aliphatic rings. The smallest absolute Gasteiger partial charge is 0.189 e. The van der Waals surface area contributed by atoms with Gasteiger partial charge in [0, 0.05) is 28.1 Å². The minimum absolute atomic E-state index is 0. The summed E-state index contributed by atoms with van der Waals surface area (Å²) in [5.41, 5.74) is 0. The average molecular weight is 381 g/mol. The molecule has 0 spiro atoms. The molecule has 0 fully saturated rings. The normalized spacial score (nSPS) is 11.9. The molecule has 15 heavy (non-hydrogen) atoms. The molecule has 0 aromatic heterocycles. The van der Waals surface area contributed by atoms with Gasteiger partial charge in [-0.3, -0.25) is 17.7 Å². The molecule has 1 aliphatic heterocycles. The van der Waals surface area contributed by atoms with Gasteiger partial charge in [-0.2, -0.15) is 0 Å². The van der Waals surface area contributed by atoms with Crippen LogP contribution in [0.2, 0.25) is 0 Å². The zero-order valence-corrected chi connectivity index (χ0v) is 11.8. The minimum atomic E-state index is -0.0185. The summed E-state index contributed by atoms with van der Waals surface area (Å²) in [7, 11) is 1.59. The van der Waals surface area contributed by atoms with Crippen LogP contribution in [0.25, 0.3) is 0 Å². The second-order valence-corrected chi connectivity index (χ2v) is 2.30. The molecule has 0 aromatic carbocycles. The van der Waals surface area contributed by atoms with Gasteiger partial charge in [0.2, 0.25) is 0 Å². The summed E-state index contributed by atoms with van der Waals surface area (Å²) >= 11 is 0. The number of rotatable bonds is 1. The molecule has 0 atom stereocenters. The predicted octanol–water partition coefficient (Wildman–Crippen LogP) is 0.0191. The van der Waals surface area contributed by atoms with Crippen molar-refractivity contribution in [3.05, 3.63) is 19.1 Å². The van der Waals surface area contributed by atoms with E-state index in [1.54, 1.807) is 7.05 Å². The third kappa shape index (κ3) is 19.8. The Bertz CT molecular complexity index is 150. The van der Waals surface area contributed by atoms with Gasteiger partial charge in [0.25, 0.3) is 0 Å². The Kier molecular flexibility index (Phi) is 25.5. The zero-order valence-electron chi connectivity index (χ0n) is 8.91. The Morgan fingerprint density at radius 3 is 2.33 bits per heavy atom. The first-order valence-corrected chi connectivity index (χ1v) is 4.30. The van der Waals surface area contributed by atoms with Crippen LogP contribution in [0.3, 0.4) is 0 Å². The van der Waals surface area contributed by atoms with E-state index in [-0.39, 0.29) is 27.0 Å². The van der Waals surface area contributed by atoms with Crippen LogP contribution in [0.5, 0.6) is 0 Å². The van der Waals surface area contributed by atoms with Gasteiger partial charge in [-0.15, -0.1) is 13.0 Å². The fourth-order valence-electron chi connectivity index (χ4n) is 0.634. The van der Waals surface area contributed by atoms with Crippen molar-refractivity contribution in [2.24, 2.45) is 0 Å². The Morgan fingerprint density at radius 2 is 2.27 bits per heavy atom. The van der Waals surface area contributed by atoms with Crippen molar-refractivity contribution in [2.45, 2.75) is 12.8 Å². The summed E-state index contributed by atoms with van der Waals surface area (Å²) in [4.78, 5) is 17.8. The molecule has 0 aliphatic carbocycles. The summed E-state index contributed by atoms with van der Waals surface area (Å²) in [6.45, 7) is 8.67. The van der Waals surface area contributed by atoms with Crippen molar-refractivity contribution in [3.63, 3.8) is 0 Å². The third-order valence-electron chi connectivity index (χ3n) is 1.34. The predicted molar refractivity (Wildman–Crippen MR) is 56.1 cm³/mol. The maximum atomic E-state index is 10.0. The van der Waals surface area contributed by atoms with Crippen molar-refractivity contribution in [1.29, 1.82) is 0 Å². The molecule has 1 heterocycles. The van der Waals surface area contributed by atoms with E-state index >= 15 is 0 Å². The second-order valence-electron chi connectivity index (χ2n) is 2.30. The number of hydrogen-bond donors (Lipinski definition) is 2. The molecule has 88 valence electrons. The number of nitrogens with one attached hydrogen (secondary N) is 2. The topological polar surface area (TPSA) is 58.2 Å². The average Bonchev–Trinajstić information content (AvgIpc) is 2.33. The van der Waals surface area contributed by atoms with Crippen LogP contribution in [0, 0.1) is 13.0 Å². The molecule has 0 radical (unpaired) electrons. The van der Waals surface area contributed by atoms with E-state index in [9.17, 15) is 4.79 Å². The molecule has 5 heteroatoms. The summed E-state index contributed by atoms with van der Waals surface area (Å²) in [5, 5.41) is 5.56. The van der Waals surface area contributed by atoms with Crippen LogP contribution in [-0.4, -0.2) is 32.8 Å². The van der Waals surface area contributed by atoms with Gasteiger partial charge in [-0.25, -0.2) is 0 Å². The standard InChI is InChI=1S/C5H8N.C4H8NO.CHO.W/c1-2-4-6-5-3-1;1-3-4(6)5-2;1-2;/h1,6H,2,4-5H2;1,3H2,2H3,(H,5,6);1H;/q3*-1;. The first-order valence-electron chi connectivity index (χ1n) is 4.30. The number of carbonyl (C=O) groups is 1. The molecule has 0 unspecified atom stereocenters. The van der Waals surface area contributed by atoms with Gasteiger partial charge in [0.1, 0.15) is 0 Å². The maximum absolute atomic E-state index is 10.0. The Hall–Kier alpha value is -0.472. The zero-order chi connectivity index (χ0) is 11.2. The fraction of sp³-hybridized carbons (Fsp3) is 0.500. The Morgan fingerprint density at radius 1 is 1.67 bits per heavy atom. The quantitative estimate of drug-likeness (QED) is 0.498. The molecule has 1 rings (SSSR count). The molecule has 2 N–H and O–H groups in total. The first kappa shape index (κ1) is 20.0. The van der Waals surface area contributed by atoms with Gasteiger partial charge in [-0.05, 0) is 6.54 Å². The summed E-state index contributed by atoms with van der Waals surface area (Å²) in [6.07, 6.45) is 6.61. The van der Waals surface area contributed by atoms with Crippen LogP contribution < -0.4 is 10.6 Å². The van der Waals surface area contributed by atoms with Crippen LogP contribution >= 0.6 is 0 Å². The number of hydrogen-bond acceptors (Lipinski definition) is 3. The van der Waals surface area contributed by atoms with Gasteiger partial charge in [0.15, 0.2) is 5.91 Å². The van der Waals surface area contributed by atoms with E-state index in [0.717, 1.165) is 19.5 Å². The molecule has 0 saturated carbocycles. The van der Waals surface area contributed by atoms with Gasteiger partial charge < -0.3 is 28.4 Å². The summed E-state index contributed by atoms with van der Waals surface area (Å²) in [5.74, 6) is -0.0185. The largest absolute Gasteiger partial charge is 0.545 e.